The van der Waals surface area contributed by atoms with Crippen LogP contribution in [0.3, 0.4) is 0 Å². The summed E-state index contributed by atoms with van der Waals surface area (Å²) in [5.74, 6) is 0.694. The smallest absolute Gasteiger partial charge is 0.214 e. The molecule has 0 radical (unpaired) electrons. The Morgan fingerprint density at radius 3 is 2.60 bits per heavy atom. The Bertz CT molecular complexity index is 1380. The number of phenolic OH excluding ortho intramolecular Hbond substituents is 1. The van der Waals surface area contributed by atoms with Gasteiger partial charge >= 0.3 is 0 Å². The number of halogens is 1. The van der Waals surface area contributed by atoms with Crippen LogP contribution in [0, 0.1) is 5.92 Å². The molecule has 0 atom stereocenters. The van der Waals surface area contributed by atoms with Crippen LogP contribution in [0.5, 0.6) is 11.6 Å². The number of pyridine rings is 1. The first kappa shape index (κ1) is 28.5. The SMILES string of the molecule is Nc1nnc(-c2ccccc2O)cc1C(F)=Cc1ccnc(OC2CC(OC3CCN(CC4CCNCC4)CC3)C2)c1. The first-order chi connectivity index (χ1) is 20.5. The summed E-state index contributed by atoms with van der Waals surface area (Å²) in [7, 11) is 0. The number of piperidine rings is 2. The second-order valence-electron chi connectivity index (χ2n) is 11.6. The van der Waals surface area contributed by atoms with Gasteiger partial charge in [-0.05, 0) is 80.6 Å². The molecule has 2 aliphatic heterocycles. The Morgan fingerprint density at radius 1 is 1.02 bits per heavy atom. The Labute approximate surface area is 246 Å². The maximum Gasteiger partial charge on any atom is 0.214 e. The molecule has 0 bridgehead atoms. The molecule has 0 spiro atoms. The molecule has 1 saturated carbocycles. The fraction of sp³-hybridized carbons (Fsp3) is 0.469. The zero-order valence-electron chi connectivity index (χ0n) is 23.8. The number of aromatic hydroxyl groups is 1. The van der Waals surface area contributed by atoms with E-state index in [-0.39, 0.29) is 29.3 Å². The Morgan fingerprint density at radius 2 is 1.81 bits per heavy atom. The fourth-order valence-electron chi connectivity index (χ4n) is 6.04. The molecule has 2 saturated heterocycles. The van der Waals surface area contributed by atoms with Crippen LogP contribution in [-0.4, -0.2) is 76.2 Å². The van der Waals surface area contributed by atoms with Crippen molar-refractivity contribution < 1.29 is 19.0 Å². The summed E-state index contributed by atoms with van der Waals surface area (Å²) >= 11 is 0. The lowest BCUT2D eigenvalue weighted by molar-refractivity contribution is -0.111. The highest BCUT2D eigenvalue weighted by Crippen LogP contribution is 2.33. The second kappa shape index (κ2) is 13.1. The number of nitrogens with two attached hydrogens (primary N) is 1. The van der Waals surface area contributed by atoms with Gasteiger partial charge in [-0.15, -0.1) is 10.2 Å². The molecule has 222 valence electrons. The van der Waals surface area contributed by atoms with E-state index in [1.165, 1.54) is 37.6 Å². The lowest BCUT2D eigenvalue weighted by atomic mass is 9.91. The molecule has 10 heteroatoms. The maximum atomic E-state index is 15.3. The summed E-state index contributed by atoms with van der Waals surface area (Å²) in [6.07, 6.45) is 9.99. The summed E-state index contributed by atoms with van der Waals surface area (Å²) in [6, 6.07) is 11.6. The topological polar surface area (TPSA) is 119 Å². The van der Waals surface area contributed by atoms with E-state index >= 15 is 4.39 Å². The van der Waals surface area contributed by atoms with Gasteiger partial charge in [0.15, 0.2) is 5.82 Å². The van der Waals surface area contributed by atoms with Crippen LogP contribution < -0.4 is 15.8 Å². The van der Waals surface area contributed by atoms with Gasteiger partial charge < -0.3 is 30.5 Å². The number of anilines is 1. The zero-order chi connectivity index (χ0) is 28.9. The van der Waals surface area contributed by atoms with Gasteiger partial charge in [0.05, 0.1) is 23.5 Å². The van der Waals surface area contributed by atoms with Crippen LogP contribution in [-0.2, 0) is 4.74 Å². The normalized spacial score (nSPS) is 22.5. The summed E-state index contributed by atoms with van der Waals surface area (Å²) in [5.41, 5.74) is 7.38. The number of nitrogens with one attached hydrogen (secondary N) is 1. The molecule has 2 aromatic heterocycles. The van der Waals surface area contributed by atoms with E-state index in [9.17, 15) is 5.11 Å². The van der Waals surface area contributed by atoms with Gasteiger partial charge in [0.2, 0.25) is 5.88 Å². The molecule has 9 nitrogen and oxygen atoms in total. The summed E-state index contributed by atoms with van der Waals surface area (Å²) < 4.78 is 27.8. The van der Waals surface area contributed by atoms with Gasteiger partial charge in [-0.2, -0.15) is 0 Å². The standard InChI is InChI=1S/C32H39FN6O3/c33-28(27-19-29(37-38-32(27)34)26-3-1-2-4-30(26)40)15-22-7-12-36-31(16-22)42-25-17-24(18-25)41-23-8-13-39(14-9-23)20-21-5-10-35-11-6-21/h1-4,7,12,15-16,19,21,23-25,35,40H,5-6,8-11,13-14,17-18,20H2,(H2,34,38). The average molecular weight is 575 g/mol. The number of ether oxygens (including phenoxy) is 2. The highest BCUT2D eigenvalue weighted by atomic mass is 19.1. The largest absolute Gasteiger partial charge is 0.507 e. The molecule has 0 amide bonds. The first-order valence-corrected chi connectivity index (χ1v) is 15.0. The first-order valence-electron chi connectivity index (χ1n) is 15.0. The van der Waals surface area contributed by atoms with E-state index < -0.39 is 5.83 Å². The lowest BCUT2D eigenvalue weighted by Gasteiger charge is -2.40. The Hall–Kier alpha value is -3.60. The van der Waals surface area contributed by atoms with E-state index in [4.69, 9.17) is 15.2 Å². The van der Waals surface area contributed by atoms with E-state index in [1.807, 2.05) is 0 Å². The van der Waals surface area contributed by atoms with Crippen LogP contribution >= 0.6 is 0 Å². The maximum absolute atomic E-state index is 15.3. The number of rotatable bonds is 9. The number of hydrogen-bond acceptors (Lipinski definition) is 9. The van der Waals surface area contributed by atoms with Crippen LogP contribution in [0.2, 0.25) is 0 Å². The molecular formula is C32H39FN6O3. The van der Waals surface area contributed by atoms with Crippen LogP contribution in [0.25, 0.3) is 23.2 Å². The van der Waals surface area contributed by atoms with Crippen LogP contribution in [0.4, 0.5) is 10.2 Å². The van der Waals surface area contributed by atoms with E-state index in [2.05, 4.69) is 25.4 Å². The van der Waals surface area contributed by atoms with E-state index in [0.29, 0.717) is 28.8 Å². The molecule has 0 unspecified atom stereocenters. The monoisotopic (exact) mass is 574 g/mol. The van der Waals surface area contributed by atoms with Crippen LogP contribution in [0.1, 0.15) is 49.7 Å². The van der Waals surface area contributed by atoms with Gasteiger partial charge in [-0.3, -0.25) is 0 Å². The Kier molecular flexibility index (Phi) is 8.92. The van der Waals surface area contributed by atoms with Crippen molar-refractivity contribution in [3.05, 3.63) is 59.8 Å². The molecular weight excluding hydrogens is 535 g/mol. The zero-order valence-corrected chi connectivity index (χ0v) is 23.8. The van der Waals surface area contributed by atoms with Crippen molar-refractivity contribution in [3.8, 4) is 22.9 Å². The van der Waals surface area contributed by atoms with Crippen molar-refractivity contribution in [2.45, 2.75) is 56.8 Å². The van der Waals surface area contributed by atoms with Crippen molar-refractivity contribution in [3.63, 3.8) is 0 Å². The molecule has 42 heavy (non-hydrogen) atoms. The fourth-order valence-corrected chi connectivity index (χ4v) is 6.04. The van der Waals surface area contributed by atoms with E-state index in [0.717, 1.165) is 57.8 Å². The van der Waals surface area contributed by atoms with Gasteiger partial charge in [0, 0.05) is 50.3 Å². The molecule has 3 aliphatic rings. The van der Waals surface area contributed by atoms with Gasteiger partial charge in [0.1, 0.15) is 17.7 Å². The summed E-state index contributed by atoms with van der Waals surface area (Å²) in [6.45, 7) is 5.79. The molecule has 4 heterocycles. The summed E-state index contributed by atoms with van der Waals surface area (Å²) in [4.78, 5) is 6.94. The number of benzene rings is 1. The molecule has 1 aromatic carbocycles. The number of aromatic nitrogens is 3. The molecule has 6 rings (SSSR count). The number of hydrogen-bond donors (Lipinski definition) is 3. The lowest BCUT2D eigenvalue weighted by Crippen LogP contribution is -2.45. The van der Waals surface area contributed by atoms with Crippen molar-refractivity contribution in [1.82, 2.24) is 25.4 Å². The highest BCUT2D eigenvalue weighted by molar-refractivity contribution is 5.83. The summed E-state index contributed by atoms with van der Waals surface area (Å²) in [5, 5.41) is 21.5. The third kappa shape index (κ3) is 7.06. The predicted octanol–water partition coefficient (Wildman–Crippen LogP) is 4.68. The van der Waals surface area contributed by atoms with Crippen molar-refractivity contribution >= 4 is 17.7 Å². The molecule has 4 N–H and O–H groups in total. The minimum absolute atomic E-state index is 0.0276. The van der Waals surface area contributed by atoms with Crippen molar-refractivity contribution in [2.24, 2.45) is 5.92 Å². The quantitative estimate of drug-likeness (QED) is 0.335. The molecule has 3 fully saturated rings. The van der Waals surface area contributed by atoms with Crippen molar-refractivity contribution in [1.29, 1.82) is 0 Å². The molecule has 1 aliphatic carbocycles. The third-order valence-electron chi connectivity index (χ3n) is 8.55. The number of nitrogens with zero attached hydrogens (tertiary/aromatic N) is 4. The highest BCUT2D eigenvalue weighted by Gasteiger charge is 2.35. The number of nitrogen functional groups attached to an aromatic ring is 1. The van der Waals surface area contributed by atoms with Gasteiger partial charge in [-0.1, -0.05) is 12.1 Å². The minimum atomic E-state index is -0.574. The van der Waals surface area contributed by atoms with Gasteiger partial charge in [0.25, 0.3) is 0 Å². The minimum Gasteiger partial charge on any atom is -0.507 e. The van der Waals surface area contributed by atoms with Crippen LogP contribution in [0.15, 0.2) is 48.7 Å². The number of para-hydroxylation sites is 1. The molecule has 3 aromatic rings. The van der Waals surface area contributed by atoms with E-state index in [1.54, 1.807) is 36.5 Å². The Balaban J connectivity index is 0.990. The van der Waals surface area contributed by atoms with Crippen molar-refractivity contribution in [2.75, 3.05) is 38.5 Å². The van der Waals surface area contributed by atoms with Gasteiger partial charge in [-0.25, -0.2) is 9.37 Å². The number of likely N-dealkylation sites (tertiary alicyclic amines) is 1. The average Bonchev–Trinajstić information content (AvgIpc) is 2.98. The third-order valence-corrected chi connectivity index (χ3v) is 8.55. The number of phenols is 1. The predicted molar refractivity (Wildman–Crippen MR) is 160 cm³/mol. The second-order valence-corrected chi connectivity index (χ2v) is 11.6.